The zero-order valence-corrected chi connectivity index (χ0v) is 11.7. The van der Waals surface area contributed by atoms with Crippen LogP contribution in [0.4, 0.5) is 0 Å². The highest BCUT2D eigenvalue weighted by molar-refractivity contribution is 5.79. The fourth-order valence-electron chi connectivity index (χ4n) is 2.10. The van der Waals surface area contributed by atoms with Gasteiger partial charge in [0.2, 0.25) is 5.91 Å². The van der Waals surface area contributed by atoms with Gasteiger partial charge in [-0.3, -0.25) is 4.79 Å². The van der Waals surface area contributed by atoms with Crippen molar-refractivity contribution in [3.63, 3.8) is 0 Å². The maximum atomic E-state index is 12.2. The van der Waals surface area contributed by atoms with Crippen LogP contribution in [0.1, 0.15) is 66.2 Å². The minimum atomic E-state index is -0.909. The van der Waals surface area contributed by atoms with Gasteiger partial charge in [-0.15, -0.1) is 0 Å². The van der Waals surface area contributed by atoms with Crippen molar-refractivity contribution in [2.75, 3.05) is 0 Å². The van der Waals surface area contributed by atoms with Gasteiger partial charge < -0.3 is 10.4 Å². The van der Waals surface area contributed by atoms with E-state index in [4.69, 9.17) is 0 Å². The SMILES string of the molecule is CC(C)(O)C(C)(C)NC(=O)C1CCCCCC1. The predicted molar refractivity (Wildman–Crippen MR) is 69.7 cm³/mol. The molecule has 3 heteroatoms. The summed E-state index contributed by atoms with van der Waals surface area (Å²) in [7, 11) is 0. The molecule has 0 aliphatic heterocycles. The van der Waals surface area contributed by atoms with Crippen molar-refractivity contribution in [3.05, 3.63) is 0 Å². The Bertz CT molecular complexity index is 258. The monoisotopic (exact) mass is 241 g/mol. The summed E-state index contributed by atoms with van der Waals surface area (Å²) in [6.07, 6.45) is 6.79. The second kappa shape index (κ2) is 5.38. The molecule has 0 aromatic heterocycles. The minimum Gasteiger partial charge on any atom is -0.388 e. The van der Waals surface area contributed by atoms with Gasteiger partial charge in [0, 0.05) is 5.92 Å². The molecule has 0 saturated heterocycles. The highest BCUT2D eigenvalue weighted by atomic mass is 16.3. The summed E-state index contributed by atoms with van der Waals surface area (Å²) in [6.45, 7) is 7.23. The van der Waals surface area contributed by atoms with Crippen molar-refractivity contribution < 1.29 is 9.90 Å². The summed E-state index contributed by atoms with van der Waals surface area (Å²) >= 11 is 0. The zero-order valence-electron chi connectivity index (χ0n) is 11.7. The highest BCUT2D eigenvalue weighted by Gasteiger charge is 2.37. The van der Waals surface area contributed by atoms with E-state index in [9.17, 15) is 9.90 Å². The van der Waals surface area contributed by atoms with Gasteiger partial charge in [0.25, 0.3) is 0 Å². The van der Waals surface area contributed by atoms with Gasteiger partial charge in [0.1, 0.15) is 0 Å². The topological polar surface area (TPSA) is 49.3 Å². The smallest absolute Gasteiger partial charge is 0.223 e. The maximum absolute atomic E-state index is 12.2. The summed E-state index contributed by atoms with van der Waals surface area (Å²) in [6, 6.07) is 0. The van der Waals surface area contributed by atoms with E-state index in [0.717, 1.165) is 25.7 Å². The third kappa shape index (κ3) is 3.98. The molecular weight excluding hydrogens is 214 g/mol. The van der Waals surface area contributed by atoms with E-state index in [1.807, 2.05) is 13.8 Å². The molecular formula is C14H27NO2. The van der Waals surface area contributed by atoms with Crippen LogP contribution in [0.3, 0.4) is 0 Å². The predicted octanol–water partition coefficient (Wildman–Crippen LogP) is 2.62. The third-order valence-electron chi connectivity index (χ3n) is 4.19. The van der Waals surface area contributed by atoms with Crippen LogP contribution in [0.5, 0.6) is 0 Å². The van der Waals surface area contributed by atoms with Crippen LogP contribution in [-0.2, 0) is 4.79 Å². The lowest BCUT2D eigenvalue weighted by molar-refractivity contribution is -0.130. The van der Waals surface area contributed by atoms with E-state index >= 15 is 0 Å². The molecule has 1 aliphatic carbocycles. The molecule has 0 aromatic rings. The normalized spacial score (nSPS) is 19.8. The molecule has 0 aromatic carbocycles. The van der Waals surface area contributed by atoms with Gasteiger partial charge >= 0.3 is 0 Å². The summed E-state index contributed by atoms with van der Waals surface area (Å²) in [5.41, 5.74) is -1.50. The number of aliphatic hydroxyl groups is 1. The number of hydrogen-bond acceptors (Lipinski definition) is 2. The van der Waals surface area contributed by atoms with Crippen molar-refractivity contribution in [3.8, 4) is 0 Å². The van der Waals surface area contributed by atoms with Gasteiger partial charge in [0.15, 0.2) is 0 Å². The van der Waals surface area contributed by atoms with E-state index in [1.54, 1.807) is 13.8 Å². The van der Waals surface area contributed by atoms with Crippen LogP contribution < -0.4 is 5.32 Å². The molecule has 1 saturated carbocycles. The Hall–Kier alpha value is -0.570. The second-order valence-electron chi connectivity index (χ2n) is 6.36. The Morgan fingerprint density at radius 2 is 1.53 bits per heavy atom. The Balaban J connectivity index is 2.58. The number of carbonyl (C=O) groups excluding carboxylic acids is 1. The van der Waals surface area contributed by atoms with Crippen molar-refractivity contribution in [2.24, 2.45) is 5.92 Å². The van der Waals surface area contributed by atoms with Gasteiger partial charge in [-0.25, -0.2) is 0 Å². The maximum Gasteiger partial charge on any atom is 0.223 e. The molecule has 0 radical (unpaired) electrons. The molecule has 100 valence electrons. The highest BCUT2D eigenvalue weighted by Crippen LogP contribution is 2.26. The molecule has 1 rings (SSSR count). The van der Waals surface area contributed by atoms with Crippen LogP contribution in [0, 0.1) is 5.92 Å². The van der Waals surface area contributed by atoms with E-state index < -0.39 is 11.1 Å². The van der Waals surface area contributed by atoms with Crippen molar-refractivity contribution >= 4 is 5.91 Å². The van der Waals surface area contributed by atoms with E-state index in [2.05, 4.69) is 5.32 Å². The average Bonchev–Trinajstić information content (AvgIpc) is 2.42. The molecule has 0 bridgehead atoms. The molecule has 3 nitrogen and oxygen atoms in total. The fourth-order valence-corrected chi connectivity index (χ4v) is 2.10. The Morgan fingerprint density at radius 1 is 1.06 bits per heavy atom. The number of nitrogens with one attached hydrogen (secondary N) is 1. The average molecular weight is 241 g/mol. The molecule has 17 heavy (non-hydrogen) atoms. The molecule has 1 fully saturated rings. The molecule has 0 unspecified atom stereocenters. The van der Waals surface area contributed by atoms with Crippen molar-refractivity contribution in [2.45, 2.75) is 77.4 Å². The lowest BCUT2D eigenvalue weighted by atomic mass is 9.85. The van der Waals surface area contributed by atoms with Crippen LogP contribution in [-0.4, -0.2) is 22.2 Å². The quantitative estimate of drug-likeness (QED) is 0.746. The minimum absolute atomic E-state index is 0.110. The first-order valence-corrected chi connectivity index (χ1v) is 6.78. The molecule has 1 aliphatic rings. The van der Waals surface area contributed by atoms with Gasteiger partial charge in [-0.2, -0.15) is 0 Å². The van der Waals surface area contributed by atoms with E-state index in [1.165, 1.54) is 12.8 Å². The Kier molecular flexibility index (Phi) is 4.59. The molecule has 0 heterocycles. The summed E-state index contributed by atoms with van der Waals surface area (Å²) in [5.74, 6) is 0.248. The van der Waals surface area contributed by atoms with E-state index in [0.29, 0.717) is 0 Å². The fraction of sp³-hybridized carbons (Fsp3) is 0.929. The zero-order chi connectivity index (χ0) is 13.1. The second-order valence-corrected chi connectivity index (χ2v) is 6.36. The number of carbonyl (C=O) groups is 1. The van der Waals surface area contributed by atoms with Crippen LogP contribution in [0.2, 0.25) is 0 Å². The molecule has 0 spiro atoms. The van der Waals surface area contributed by atoms with Gasteiger partial charge in [0.05, 0.1) is 11.1 Å². The molecule has 1 amide bonds. The van der Waals surface area contributed by atoms with Gasteiger partial charge in [-0.1, -0.05) is 25.7 Å². The van der Waals surface area contributed by atoms with Crippen molar-refractivity contribution in [1.29, 1.82) is 0 Å². The summed E-state index contributed by atoms with van der Waals surface area (Å²) in [4.78, 5) is 12.2. The van der Waals surface area contributed by atoms with E-state index in [-0.39, 0.29) is 11.8 Å². The summed E-state index contributed by atoms with van der Waals surface area (Å²) in [5, 5.41) is 13.0. The van der Waals surface area contributed by atoms with Gasteiger partial charge in [-0.05, 0) is 40.5 Å². The van der Waals surface area contributed by atoms with Crippen molar-refractivity contribution in [1.82, 2.24) is 5.32 Å². The third-order valence-corrected chi connectivity index (χ3v) is 4.19. The first kappa shape index (κ1) is 14.5. The lowest BCUT2D eigenvalue weighted by Crippen LogP contribution is -2.58. The van der Waals surface area contributed by atoms with Crippen LogP contribution in [0.15, 0.2) is 0 Å². The summed E-state index contributed by atoms with van der Waals surface area (Å²) < 4.78 is 0. The molecule has 2 N–H and O–H groups in total. The first-order valence-electron chi connectivity index (χ1n) is 6.78. The number of amides is 1. The largest absolute Gasteiger partial charge is 0.388 e. The van der Waals surface area contributed by atoms with Crippen LogP contribution in [0.25, 0.3) is 0 Å². The Labute approximate surface area is 105 Å². The first-order chi connectivity index (χ1) is 7.74. The molecule has 0 atom stereocenters. The number of rotatable bonds is 3. The van der Waals surface area contributed by atoms with Crippen LogP contribution >= 0.6 is 0 Å². The Morgan fingerprint density at radius 3 is 1.94 bits per heavy atom. The lowest BCUT2D eigenvalue weighted by Gasteiger charge is -2.39. The standard InChI is InChI=1S/C14H27NO2/c1-13(2,14(3,4)17)15-12(16)11-9-7-5-6-8-10-11/h11,17H,5-10H2,1-4H3,(H,15,16). The number of hydrogen-bond donors (Lipinski definition) is 2.